The van der Waals surface area contributed by atoms with Crippen LogP contribution in [0, 0.1) is 0 Å². The summed E-state index contributed by atoms with van der Waals surface area (Å²) >= 11 is 3.46. The second kappa shape index (κ2) is 5.48. The standard InChI is InChI=1S/C20H20BrNO/c21-17-8-6-16(7-9-17)20(12-13-20)18(23)22-14-19(10-11-19)15-4-2-1-3-5-15/h1-9H,10-14H2,(H,22,23). The molecule has 118 valence electrons. The van der Waals surface area contributed by atoms with Crippen molar-refractivity contribution < 1.29 is 4.79 Å². The number of hydrogen-bond donors (Lipinski definition) is 1. The number of hydrogen-bond acceptors (Lipinski definition) is 1. The van der Waals surface area contributed by atoms with Gasteiger partial charge in [0, 0.05) is 16.4 Å². The summed E-state index contributed by atoms with van der Waals surface area (Å²) in [7, 11) is 0. The Labute approximate surface area is 145 Å². The summed E-state index contributed by atoms with van der Waals surface area (Å²) in [5, 5.41) is 3.25. The van der Waals surface area contributed by atoms with Gasteiger partial charge in [-0.05, 0) is 48.9 Å². The van der Waals surface area contributed by atoms with E-state index in [1.54, 1.807) is 0 Å². The summed E-state index contributed by atoms with van der Waals surface area (Å²) in [6.45, 7) is 0.758. The Morgan fingerprint density at radius 2 is 1.57 bits per heavy atom. The fourth-order valence-corrected chi connectivity index (χ4v) is 3.73. The van der Waals surface area contributed by atoms with Crippen LogP contribution in [-0.4, -0.2) is 12.5 Å². The second-order valence-corrected chi connectivity index (χ2v) is 7.83. The molecule has 4 rings (SSSR count). The van der Waals surface area contributed by atoms with Crippen molar-refractivity contribution in [3.63, 3.8) is 0 Å². The molecule has 0 heterocycles. The van der Waals surface area contributed by atoms with E-state index in [-0.39, 0.29) is 16.7 Å². The van der Waals surface area contributed by atoms with E-state index in [0.29, 0.717) is 0 Å². The van der Waals surface area contributed by atoms with Gasteiger partial charge in [-0.25, -0.2) is 0 Å². The third-order valence-corrected chi connectivity index (χ3v) is 5.94. The van der Waals surface area contributed by atoms with Gasteiger partial charge in [-0.1, -0.05) is 58.4 Å². The van der Waals surface area contributed by atoms with E-state index in [1.807, 2.05) is 18.2 Å². The molecule has 2 aromatic carbocycles. The number of benzene rings is 2. The lowest BCUT2D eigenvalue weighted by molar-refractivity contribution is -0.123. The van der Waals surface area contributed by atoms with Crippen LogP contribution in [-0.2, 0) is 15.6 Å². The molecule has 0 aromatic heterocycles. The van der Waals surface area contributed by atoms with E-state index in [0.717, 1.165) is 29.4 Å². The Hall–Kier alpha value is -1.61. The van der Waals surface area contributed by atoms with Crippen LogP contribution in [0.1, 0.15) is 36.8 Å². The van der Waals surface area contributed by atoms with Gasteiger partial charge >= 0.3 is 0 Å². The van der Waals surface area contributed by atoms with Crippen LogP contribution in [0.4, 0.5) is 0 Å². The molecule has 2 aliphatic rings. The monoisotopic (exact) mass is 369 g/mol. The summed E-state index contributed by atoms with van der Waals surface area (Å²) in [4.78, 5) is 12.8. The maximum atomic E-state index is 12.8. The summed E-state index contributed by atoms with van der Waals surface area (Å²) in [6.07, 6.45) is 4.25. The molecule has 2 aliphatic carbocycles. The smallest absolute Gasteiger partial charge is 0.230 e. The lowest BCUT2D eigenvalue weighted by Crippen LogP contribution is -2.39. The summed E-state index contributed by atoms with van der Waals surface area (Å²) in [5.41, 5.74) is 2.39. The first-order chi connectivity index (χ1) is 11.1. The lowest BCUT2D eigenvalue weighted by atomic mass is 9.93. The second-order valence-electron chi connectivity index (χ2n) is 6.92. The van der Waals surface area contributed by atoms with Crippen LogP contribution in [0.3, 0.4) is 0 Å². The van der Waals surface area contributed by atoms with Crippen LogP contribution < -0.4 is 5.32 Å². The molecule has 0 atom stereocenters. The van der Waals surface area contributed by atoms with Crippen LogP contribution in [0.15, 0.2) is 59.1 Å². The Kier molecular flexibility index (Phi) is 3.56. The Morgan fingerprint density at radius 1 is 0.913 bits per heavy atom. The number of carbonyl (C=O) groups is 1. The van der Waals surface area contributed by atoms with Crippen molar-refractivity contribution in [3.05, 3.63) is 70.2 Å². The summed E-state index contributed by atoms with van der Waals surface area (Å²) in [6, 6.07) is 18.8. The fraction of sp³-hybridized carbons (Fsp3) is 0.350. The molecule has 0 saturated heterocycles. The first-order valence-corrected chi connectivity index (χ1v) is 9.04. The molecule has 0 unspecified atom stereocenters. The first kappa shape index (κ1) is 14.9. The molecule has 2 aromatic rings. The Balaban J connectivity index is 1.46. The van der Waals surface area contributed by atoms with Crippen molar-refractivity contribution in [3.8, 4) is 0 Å². The average Bonchev–Trinajstić information content (AvgIpc) is 3.49. The van der Waals surface area contributed by atoms with Crippen molar-refractivity contribution >= 4 is 21.8 Å². The van der Waals surface area contributed by atoms with E-state index in [4.69, 9.17) is 0 Å². The largest absolute Gasteiger partial charge is 0.354 e. The van der Waals surface area contributed by atoms with Crippen LogP contribution in [0.2, 0.25) is 0 Å². The normalized spacial score (nSPS) is 19.9. The SMILES string of the molecule is O=C(NCC1(c2ccccc2)CC1)C1(c2ccc(Br)cc2)CC1. The van der Waals surface area contributed by atoms with Gasteiger partial charge in [0.15, 0.2) is 0 Å². The van der Waals surface area contributed by atoms with Gasteiger partial charge in [0.05, 0.1) is 5.41 Å². The maximum Gasteiger partial charge on any atom is 0.230 e. The highest BCUT2D eigenvalue weighted by Crippen LogP contribution is 2.50. The molecular weight excluding hydrogens is 350 g/mol. The third-order valence-electron chi connectivity index (χ3n) is 5.41. The molecule has 0 radical (unpaired) electrons. The van der Waals surface area contributed by atoms with Gasteiger partial charge in [0.25, 0.3) is 0 Å². The molecular formula is C20H20BrNO. The van der Waals surface area contributed by atoms with Crippen molar-refractivity contribution in [2.24, 2.45) is 0 Å². The molecule has 2 nitrogen and oxygen atoms in total. The number of halogens is 1. The number of carbonyl (C=O) groups excluding carboxylic acids is 1. The third kappa shape index (κ3) is 2.72. The van der Waals surface area contributed by atoms with E-state index >= 15 is 0 Å². The zero-order valence-electron chi connectivity index (χ0n) is 13.0. The highest BCUT2D eigenvalue weighted by molar-refractivity contribution is 9.10. The zero-order chi connectivity index (χ0) is 15.9. The van der Waals surface area contributed by atoms with Crippen molar-refractivity contribution in [2.75, 3.05) is 6.54 Å². The predicted molar refractivity (Wildman–Crippen MR) is 95.4 cm³/mol. The van der Waals surface area contributed by atoms with Crippen LogP contribution in [0.25, 0.3) is 0 Å². The molecule has 2 saturated carbocycles. The maximum absolute atomic E-state index is 12.8. The molecule has 1 N–H and O–H groups in total. The van der Waals surface area contributed by atoms with Gasteiger partial charge in [-0.15, -0.1) is 0 Å². The molecule has 1 amide bonds. The molecule has 0 spiro atoms. The minimum atomic E-state index is -0.284. The highest BCUT2D eigenvalue weighted by Gasteiger charge is 2.52. The first-order valence-electron chi connectivity index (χ1n) is 8.25. The number of rotatable bonds is 5. The van der Waals surface area contributed by atoms with Gasteiger partial charge in [-0.2, -0.15) is 0 Å². The van der Waals surface area contributed by atoms with E-state index < -0.39 is 0 Å². The zero-order valence-corrected chi connectivity index (χ0v) is 14.6. The average molecular weight is 370 g/mol. The summed E-state index contributed by atoms with van der Waals surface area (Å²) < 4.78 is 1.05. The van der Waals surface area contributed by atoms with Gasteiger partial charge in [0.1, 0.15) is 0 Å². The molecule has 23 heavy (non-hydrogen) atoms. The number of amides is 1. The molecule has 2 fully saturated rings. The van der Waals surface area contributed by atoms with Crippen LogP contribution in [0.5, 0.6) is 0 Å². The minimum absolute atomic E-state index is 0.173. The van der Waals surface area contributed by atoms with Crippen molar-refractivity contribution in [1.82, 2.24) is 5.32 Å². The molecule has 0 aliphatic heterocycles. The Bertz CT molecular complexity index is 715. The lowest BCUT2D eigenvalue weighted by Gasteiger charge is -2.20. The predicted octanol–water partition coefficient (Wildman–Crippen LogP) is 4.33. The Morgan fingerprint density at radius 3 is 2.13 bits per heavy atom. The van der Waals surface area contributed by atoms with E-state index in [9.17, 15) is 4.79 Å². The summed E-state index contributed by atoms with van der Waals surface area (Å²) in [5.74, 6) is 0.196. The highest BCUT2D eigenvalue weighted by atomic mass is 79.9. The van der Waals surface area contributed by atoms with Gasteiger partial charge in [-0.3, -0.25) is 4.79 Å². The molecule has 0 bridgehead atoms. The van der Waals surface area contributed by atoms with Crippen molar-refractivity contribution in [1.29, 1.82) is 0 Å². The molecule has 3 heteroatoms. The fourth-order valence-electron chi connectivity index (χ4n) is 3.47. The van der Waals surface area contributed by atoms with Gasteiger partial charge in [0.2, 0.25) is 5.91 Å². The quantitative estimate of drug-likeness (QED) is 0.834. The number of nitrogens with one attached hydrogen (secondary N) is 1. The van der Waals surface area contributed by atoms with Gasteiger partial charge < -0.3 is 5.32 Å². The van der Waals surface area contributed by atoms with Crippen LogP contribution >= 0.6 is 15.9 Å². The van der Waals surface area contributed by atoms with Crippen molar-refractivity contribution in [2.45, 2.75) is 36.5 Å². The van der Waals surface area contributed by atoms with E-state index in [1.165, 1.54) is 18.4 Å². The van der Waals surface area contributed by atoms with E-state index in [2.05, 4.69) is 57.6 Å². The minimum Gasteiger partial charge on any atom is -0.354 e. The topological polar surface area (TPSA) is 29.1 Å².